The Morgan fingerprint density at radius 2 is 1.96 bits per heavy atom. The molecule has 1 amide bonds. The fourth-order valence-corrected chi connectivity index (χ4v) is 2.36. The number of para-hydroxylation sites is 1. The van der Waals surface area contributed by atoms with Crippen LogP contribution in [0.15, 0.2) is 54.9 Å². The lowest BCUT2D eigenvalue weighted by molar-refractivity contribution is 0.0785. The van der Waals surface area contributed by atoms with Gasteiger partial charge >= 0.3 is 0 Å². The number of carbonyl (C=O) groups excluding carboxylic acids is 1. The molecule has 0 saturated carbocycles. The molecule has 7 nitrogen and oxygen atoms in total. The summed E-state index contributed by atoms with van der Waals surface area (Å²) in [6.45, 7) is 0.439. The van der Waals surface area contributed by atoms with Gasteiger partial charge in [-0.1, -0.05) is 24.3 Å². The van der Waals surface area contributed by atoms with E-state index in [-0.39, 0.29) is 5.91 Å². The Labute approximate surface area is 138 Å². The molecule has 118 valence electrons. The van der Waals surface area contributed by atoms with E-state index in [0.29, 0.717) is 23.4 Å². The van der Waals surface area contributed by atoms with E-state index in [2.05, 4.69) is 21.6 Å². The van der Waals surface area contributed by atoms with Gasteiger partial charge in [-0.15, -0.1) is 5.10 Å². The highest BCUT2D eigenvalue weighted by molar-refractivity contribution is 5.97. The Balaban J connectivity index is 1.82. The maximum atomic E-state index is 12.8. The first-order chi connectivity index (χ1) is 11.7. The van der Waals surface area contributed by atoms with Crippen LogP contribution in [0.4, 0.5) is 0 Å². The first-order valence-corrected chi connectivity index (χ1v) is 7.26. The van der Waals surface area contributed by atoms with Crippen molar-refractivity contribution < 1.29 is 4.79 Å². The van der Waals surface area contributed by atoms with Gasteiger partial charge in [0.1, 0.15) is 6.33 Å². The molecule has 0 unspecified atom stereocenters. The molecule has 3 rings (SSSR count). The molecular weight excluding hydrogens is 304 g/mol. The molecule has 0 aliphatic carbocycles. The van der Waals surface area contributed by atoms with Crippen molar-refractivity contribution in [2.75, 3.05) is 7.05 Å². The summed E-state index contributed by atoms with van der Waals surface area (Å²) in [6.07, 6.45) is 1.45. The fourth-order valence-electron chi connectivity index (χ4n) is 2.36. The van der Waals surface area contributed by atoms with E-state index < -0.39 is 0 Å². The van der Waals surface area contributed by atoms with Crippen LogP contribution in [0.1, 0.15) is 21.5 Å². The molecule has 0 atom stereocenters. The Morgan fingerprint density at radius 3 is 2.62 bits per heavy atom. The number of benzene rings is 2. The van der Waals surface area contributed by atoms with Gasteiger partial charge in [0, 0.05) is 13.6 Å². The van der Waals surface area contributed by atoms with Crippen molar-refractivity contribution in [3.8, 4) is 11.8 Å². The molecule has 0 fully saturated rings. The first-order valence-electron chi connectivity index (χ1n) is 7.26. The van der Waals surface area contributed by atoms with Crippen molar-refractivity contribution in [1.82, 2.24) is 25.1 Å². The van der Waals surface area contributed by atoms with E-state index in [4.69, 9.17) is 5.26 Å². The molecule has 0 aliphatic rings. The zero-order valence-corrected chi connectivity index (χ0v) is 13.0. The van der Waals surface area contributed by atoms with Crippen molar-refractivity contribution in [3.63, 3.8) is 0 Å². The summed E-state index contributed by atoms with van der Waals surface area (Å²) in [5.41, 5.74) is 2.68. The Kier molecular flexibility index (Phi) is 4.29. The smallest absolute Gasteiger partial charge is 0.256 e. The molecule has 0 radical (unpaired) electrons. The standard InChI is InChI=1S/C17H14N6O/c1-22(11-14-8-6-13(10-18)7-9-14)17(24)15-4-2-3-5-16(15)23-12-19-20-21-23/h2-9,12H,11H2,1H3. The van der Waals surface area contributed by atoms with Crippen molar-refractivity contribution in [2.45, 2.75) is 6.54 Å². The van der Waals surface area contributed by atoms with Gasteiger partial charge in [-0.3, -0.25) is 4.79 Å². The molecule has 1 aromatic heterocycles. The predicted octanol–water partition coefficient (Wildman–Crippen LogP) is 1.81. The van der Waals surface area contributed by atoms with E-state index in [1.54, 1.807) is 42.3 Å². The minimum atomic E-state index is -0.134. The molecule has 0 spiro atoms. The molecule has 3 aromatic rings. The van der Waals surface area contributed by atoms with Crippen LogP contribution >= 0.6 is 0 Å². The number of nitriles is 1. The zero-order chi connectivity index (χ0) is 16.9. The fraction of sp³-hybridized carbons (Fsp3) is 0.118. The van der Waals surface area contributed by atoms with Gasteiger partial charge in [0.25, 0.3) is 5.91 Å². The molecule has 0 bridgehead atoms. The molecule has 24 heavy (non-hydrogen) atoms. The van der Waals surface area contributed by atoms with Crippen LogP contribution < -0.4 is 0 Å². The van der Waals surface area contributed by atoms with Gasteiger partial charge in [-0.05, 0) is 40.3 Å². The third-order valence-corrected chi connectivity index (χ3v) is 3.58. The van der Waals surface area contributed by atoms with Crippen LogP contribution in [-0.4, -0.2) is 38.1 Å². The van der Waals surface area contributed by atoms with E-state index in [0.717, 1.165) is 5.56 Å². The van der Waals surface area contributed by atoms with Crippen LogP contribution in [0.2, 0.25) is 0 Å². The van der Waals surface area contributed by atoms with E-state index in [1.165, 1.54) is 11.0 Å². The Hall–Kier alpha value is -3.53. The van der Waals surface area contributed by atoms with E-state index >= 15 is 0 Å². The number of carbonyl (C=O) groups is 1. The quantitative estimate of drug-likeness (QED) is 0.732. The number of hydrogen-bond acceptors (Lipinski definition) is 5. The number of nitrogens with zero attached hydrogens (tertiary/aromatic N) is 6. The molecule has 0 N–H and O–H groups in total. The molecule has 7 heteroatoms. The molecule has 0 aliphatic heterocycles. The SMILES string of the molecule is CN(Cc1ccc(C#N)cc1)C(=O)c1ccccc1-n1cnnn1. The summed E-state index contributed by atoms with van der Waals surface area (Å²) in [5.74, 6) is -0.134. The lowest BCUT2D eigenvalue weighted by atomic mass is 10.1. The predicted molar refractivity (Wildman–Crippen MR) is 86.1 cm³/mol. The highest BCUT2D eigenvalue weighted by Crippen LogP contribution is 2.16. The second kappa shape index (κ2) is 6.71. The second-order valence-corrected chi connectivity index (χ2v) is 5.24. The Morgan fingerprint density at radius 1 is 1.21 bits per heavy atom. The first kappa shape index (κ1) is 15.4. The summed E-state index contributed by atoms with van der Waals surface area (Å²) in [5, 5.41) is 19.9. The van der Waals surface area contributed by atoms with Crippen LogP contribution in [0.5, 0.6) is 0 Å². The highest BCUT2D eigenvalue weighted by Gasteiger charge is 2.17. The topological polar surface area (TPSA) is 87.7 Å². The number of hydrogen-bond donors (Lipinski definition) is 0. The average Bonchev–Trinajstić information content (AvgIpc) is 3.16. The zero-order valence-electron chi connectivity index (χ0n) is 13.0. The summed E-state index contributed by atoms with van der Waals surface area (Å²) < 4.78 is 1.46. The summed E-state index contributed by atoms with van der Waals surface area (Å²) >= 11 is 0. The van der Waals surface area contributed by atoms with E-state index in [1.807, 2.05) is 18.2 Å². The van der Waals surface area contributed by atoms with Crippen molar-refractivity contribution >= 4 is 5.91 Å². The maximum Gasteiger partial charge on any atom is 0.256 e. The third kappa shape index (κ3) is 3.13. The Bertz CT molecular complexity index is 880. The van der Waals surface area contributed by atoms with Crippen molar-refractivity contribution in [3.05, 3.63) is 71.5 Å². The van der Waals surface area contributed by atoms with E-state index in [9.17, 15) is 4.79 Å². The van der Waals surface area contributed by atoms with Crippen LogP contribution in [0.25, 0.3) is 5.69 Å². The van der Waals surface area contributed by atoms with Gasteiger partial charge in [0.15, 0.2) is 0 Å². The van der Waals surface area contributed by atoms with Gasteiger partial charge in [0.05, 0.1) is 22.9 Å². The van der Waals surface area contributed by atoms with Crippen LogP contribution in [0.3, 0.4) is 0 Å². The van der Waals surface area contributed by atoms with Crippen molar-refractivity contribution in [1.29, 1.82) is 5.26 Å². The van der Waals surface area contributed by atoms with Crippen molar-refractivity contribution in [2.24, 2.45) is 0 Å². The summed E-state index contributed by atoms with van der Waals surface area (Å²) in [6, 6.07) is 16.4. The number of rotatable bonds is 4. The largest absolute Gasteiger partial charge is 0.337 e. The van der Waals surface area contributed by atoms with Gasteiger partial charge in [0.2, 0.25) is 0 Å². The van der Waals surface area contributed by atoms with Gasteiger partial charge in [-0.2, -0.15) is 9.94 Å². The molecular formula is C17H14N6O. The normalized spacial score (nSPS) is 10.2. The number of tetrazole rings is 1. The monoisotopic (exact) mass is 318 g/mol. The summed E-state index contributed by atoms with van der Waals surface area (Å²) in [7, 11) is 1.73. The number of amides is 1. The van der Waals surface area contributed by atoms with Gasteiger partial charge < -0.3 is 4.90 Å². The molecule has 1 heterocycles. The van der Waals surface area contributed by atoms with Gasteiger partial charge in [-0.25, -0.2) is 0 Å². The lowest BCUT2D eigenvalue weighted by Crippen LogP contribution is -2.27. The molecule has 2 aromatic carbocycles. The average molecular weight is 318 g/mol. The lowest BCUT2D eigenvalue weighted by Gasteiger charge is -2.19. The van der Waals surface area contributed by atoms with Crippen LogP contribution in [0, 0.1) is 11.3 Å². The number of aromatic nitrogens is 4. The second-order valence-electron chi connectivity index (χ2n) is 5.24. The molecule has 0 saturated heterocycles. The van der Waals surface area contributed by atoms with Crippen LogP contribution in [-0.2, 0) is 6.54 Å². The maximum absolute atomic E-state index is 12.8. The minimum Gasteiger partial charge on any atom is -0.337 e. The third-order valence-electron chi connectivity index (χ3n) is 3.58. The summed E-state index contributed by atoms with van der Waals surface area (Å²) in [4.78, 5) is 14.4. The highest BCUT2D eigenvalue weighted by atomic mass is 16.2. The minimum absolute atomic E-state index is 0.134.